The average Bonchev–Trinajstić information content (AvgIpc) is 3.31. The van der Waals surface area contributed by atoms with Gasteiger partial charge in [-0.25, -0.2) is 9.48 Å². The molecule has 0 radical (unpaired) electrons. The molecule has 3 heterocycles. The maximum absolute atomic E-state index is 13.3. The molecular formula is C24H23N5O5. The molecule has 3 aromatic rings. The molecule has 174 valence electrons. The van der Waals surface area contributed by atoms with Crippen LogP contribution in [0.2, 0.25) is 0 Å². The predicted octanol–water partition coefficient (Wildman–Crippen LogP) is 2.36. The van der Waals surface area contributed by atoms with Crippen LogP contribution in [-0.2, 0) is 15.1 Å². The summed E-state index contributed by atoms with van der Waals surface area (Å²) in [6.07, 6.45) is 0. The average molecular weight is 461 g/mol. The number of aromatic nitrogens is 2. The Morgan fingerprint density at radius 2 is 1.82 bits per heavy atom. The zero-order valence-corrected chi connectivity index (χ0v) is 18.7. The Labute approximate surface area is 195 Å². The third-order valence-electron chi connectivity index (χ3n) is 5.80. The number of para-hydroxylation sites is 1. The summed E-state index contributed by atoms with van der Waals surface area (Å²) in [7, 11) is 0. The van der Waals surface area contributed by atoms with Crippen molar-refractivity contribution in [3.05, 3.63) is 65.9 Å². The van der Waals surface area contributed by atoms with Gasteiger partial charge in [0.05, 0.1) is 11.4 Å². The Bertz CT molecular complexity index is 1290. The highest BCUT2D eigenvalue weighted by Crippen LogP contribution is 2.36. The molecule has 2 aliphatic heterocycles. The van der Waals surface area contributed by atoms with Crippen molar-refractivity contribution >= 4 is 23.7 Å². The Kier molecular flexibility index (Phi) is 5.20. The molecule has 2 N–H and O–H groups in total. The SMILES string of the molecule is Cc1cc(NC(=O)CN2C(=O)N[C@@](C)(c3ccc4c(c3)OCCO4)C2=O)n(-c2ccccc2)n1. The summed E-state index contributed by atoms with van der Waals surface area (Å²) >= 11 is 0. The first-order chi connectivity index (χ1) is 16.3. The number of carbonyl (C=O) groups is 3. The van der Waals surface area contributed by atoms with Crippen LogP contribution >= 0.6 is 0 Å². The summed E-state index contributed by atoms with van der Waals surface area (Å²) in [6.45, 7) is 3.82. The third kappa shape index (κ3) is 3.72. The third-order valence-corrected chi connectivity index (χ3v) is 5.80. The number of nitrogens with zero attached hydrogens (tertiary/aromatic N) is 3. The van der Waals surface area contributed by atoms with Gasteiger partial charge >= 0.3 is 6.03 Å². The first-order valence-electron chi connectivity index (χ1n) is 10.8. The van der Waals surface area contributed by atoms with E-state index >= 15 is 0 Å². The van der Waals surface area contributed by atoms with E-state index in [0.29, 0.717) is 41.8 Å². The van der Waals surface area contributed by atoms with Gasteiger partial charge in [0.2, 0.25) is 5.91 Å². The minimum Gasteiger partial charge on any atom is -0.486 e. The summed E-state index contributed by atoms with van der Waals surface area (Å²) in [6, 6.07) is 15.5. The van der Waals surface area contributed by atoms with E-state index < -0.39 is 29.9 Å². The number of nitrogens with one attached hydrogen (secondary N) is 2. The second-order valence-electron chi connectivity index (χ2n) is 8.27. The quantitative estimate of drug-likeness (QED) is 0.564. The van der Waals surface area contributed by atoms with Crippen molar-refractivity contribution < 1.29 is 23.9 Å². The Balaban J connectivity index is 1.34. The van der Waals surface area contributed by atoms with Gasteiger partial charge in [-0.3, -0.25) is 14.5 Å². The smallest absolute Gasteiger partial charge is 0.325 e. The number of rotatable bonds is 5. The topological polar surface area (TPSA) is 115 Å². The monoisotopic (exact) mass is 461 g/mol. The van der Waals surface area contributed by atoms with Crippen molar-refractivity contribution in [2.24, 2.45) is 0 Å². The summed E-state index contributed by atoms with van der Waals surface area (Å²) < 4.78 is 12.7. The van der Waals surface area contributed by atoms with Crippen LogP contribution in [0.5, 0.6) is 11.5 Å². The number of imide groups is 1. The van der Waals surface area contributed by atoms with E-state index in [2.05, 4.69) is 15.7 Å². The number of hydrogen-bond acceptors (Lipinski definition) is 6. The van der Waals surface area contributed by atoms with Gasteiger partial charge < -0.3 is 20.1 Å². The molecule has 34 heavy (non-hydrogen) atoms. The van der Waals surface area contributed by atoms with Crippen LogP contribution in [0.25, 0.3) is 5.69 Å². The number of aryl methyl sites for hydroxylation is 1. The zero-order valence-electron chi connectivity index (χ0n) is 18.7. The van der Waals surface area contributed by atoms with E-state index in [1.165, 1.54) is 0 Å². The lowest BCUT2D eigenvalue weighted by Gasteiger charge is -2.25. The number of amides is 4. The first-order valence-corrected chi connectivity index (χ1v) is 10.8. The maximum Gasteiger partial charge on any atom is 0.325 e. The van der Waals surface area contributed by atoms with Crippen molar-refractivity contribution in [2.45, 2.75) is 19.4 Å². The first kappa shape index (κ1) is 21.5. The summed E-state index contributed by atoms with van der Waals surface area (Å²) in [5.41, 5.74) is 0.679. The largest absolute Gasteiger partial charge is 0.486 e. The Morgan fingerprint density at radius 3 is 2.59 bits per heavy atom. The molecule has 0 spiro atoms. The van der Waals surface area contributed by atoms with E-state index in [1.54, 1.807) is 35.9 Å². The van der Waals surface area contributed by atoms with Crippen molar-refractivity contribution in [1.29, 1.82) is 0 Å². The molecule has 1 saturated heterocycles. The van der Waals surface area contributed by atoms with E-state index in [4.69, 9.17) is 9.47 Å². The van der Waals surface area contributed by atoms with Gasteiger partial charge in [0.15, 0.2) is 11.5 Å². The molecule has 1 atom stereocenters. The van der Waals surface area contributed by atoms with Crippen LogP contribution in [0, 0.1) is 6.92 Å². The van der Waals surface area contributed by atoms with E-state index in [9.17, 15) is 14.4 Å². The van der Waals surface area contributed by atoms with Gasteiger partial charge in [0.1, 0.15) is 31.1 Å². The van der Waals surface area contributed by atoms with Crippen molar-refractivity contribution in [3.63, 3.8) is 0 Å². The summed E-state index contributed by atoms with van der Waals surface area (Å²) in [5.74, 6) is 0.476. The van der Waals surface area contributed by atoms with Gasteiger partial charge in [0.25, 0.3) is 5.91 Å². The van der Waals surface area contributed by atoms with E-state index in [1.807, 2.05) is 37.3 Å². The highest BCUT2D eigenvalue weighted by Gasteiger charge is 2.49. The minimum absolute atomic E-state index is 0.402. The summed E-state index contributed by atoms with van der Waals surface area (Å²) in [5, 5.41) is 9.88. The molecule has 1 aromatic heterocycles. The molecular weight excluding hydrogens is 438 g/mol. The van der Waals surface area contributed by atoms with Gasteiger partial charge in [-0.05, 0) is 43.7 Å². The van der Waals surface area contributed by atoms with Crippen LogP contribution in [0.3, 0.4) is 0 Å². The Morgan fingerprint density at radius 1 is 1.09 bits per heavy atom. The number of carbonyl (C=O) groups excluding carboxylic acids is 3. The fraction of sp³-hybridized carbons (Fsp3) is 0.250. The number of hydrogen-bond donors (Lipinski definition) is 2. The molecule has 10 nitrogen and oxygen atoms in total. The fourth-order valence-corrected chi connectivity index (χ4v) is 4.07. The van der Waals surface area contributed by atoms with Crippen LogP contribution in [0.1, 0.15) is 18.2 Å². The van der Waals surface area contributed by atoms with E-state index in [-0.39, 0.29) is 0 Å². The summed E-state index contributed by atoms with van der Waals surface area (Å²) in [4.78, 5) is 39.7. The molecule has 2 aliphatic rings. The maximum atomic E-state index is 13.3. The van der Waals surface area contributed by atoms with Crippen molar-refractivity contribution in [1.82, 2.24) is 20.0 Å². The zero-order chi connectivity index (χ0) is 23.9. The molecule has 0 unspecified atom stereocenters. The lowest BCUT2D eigenvalue weighted by atomic mass is 9.91. The van der Waals surface area contributed by atoms with Gasteiger partial charge in [-0.2, -0.15) is 5.10 Å². The molecule has 0 aliphatic carbocycles. The van der Waals surface area contributed by atoms with E-state index in [0.717, 1.165) is 10.6 Å². The van der Waals surface area contributed by atoms with Gasteiger partial charge in [-0.1, -0.05) is 24.3 Å². The molecule has 0 bridgehead atoms. The number of ether oxygens (including phenoxy) is 2. The fourth-order valence-electron chi connectivity index (χ4n) is 4.07. The Hall–Kier alpha value is -4.34. The van der Waals surface area contributed by atoms with Crippen molar-refractivity contribution in [2.75, 3.05) is 25.1 Å². The second kappa shape index (κ2) is 8.22. The van der Waals surface area contributed by atoms with Crippen LogP contribution in [0.15, 0.2) is 54.6 Å². The molecule has 4 amide bonds. The number of anilines is 1. The molecule has 0 saturated carbocycles. The molecule has 2 aromatic carbocycles. The van der Waals surface area contributed by atoms with Gasteiger partial charge in [0, 0.05) is 6.07 Å². The van der Waals surface area contributed by atoms with Crippen LogP contribution in [-0.4, -0.2) is 52.3 Å². The van der Waals surface area contributed by atoms with Crippen LogP contribution in [0.4, 0.5) is 10.6 Å². The lowest BCUT2D eigenvalue weighted by Crippen LogP contribution is -2.42. The molecule has 5 rings (SSSR count). The van der Waals surface area contributed by atoms with Crippen LogP contribution < -0.4 is 20.1 Å². The van der Waals surface area contributed by atoms with Crippen molar-refractivity contribution in [3.8, 4) is 17.2 Å². The lowest BCUT2D eigenvalue weighted by molar-refractivity contribution is -0.133. The highest BCUT2D eigenvalue weighted by molar-refractivity contribution is 6.10. The normalized spacial score (nSPS) is 19.2. The minimum atomic E-state index is -1.34. The molecule has 1 fully saturated rings. The standard InChI is InChI=1S/C24H23N5O5/c1-15-12-20(29(27-15)17-6-4-3-5-7-17)25-21(30)14-28-22(31)24(2,26-23(28)32)16-8-9-18-19(13-16)34-11-10-33-18/h3-9,12-13H,10-11,14H2,1-2H3,(H,25,30)(H,26,32)/t24-/m0/s1. The second-order valence-corrected chi connectivity index (χ2v) is 8.27. The number of benzene rings is 2. The molecule has 10 heteroatoms. The number of urea groups is 1. The highest BCUT2D eigenvalue weighted by atomic mass is 16.6. The number of fused-ring (bicyclic) bond motifs is 1. The van der Waals surface area contributed by atoms with Gasteiger partial charge in [-0.15, -0.1) is 0 Å². The predicted molar refractivity (Wildman–Crippen MR) is 122 cm³/mol.